The summed E-state index contributed by atoms with van der Waals surface area (Å²) in [4.78, 5) is 2.36. The number of anilines is 3. The smallest absolute Gasteiger partial charge is 0.0789 e. The monoisotopic (exact) mass is 842 g/mol. The Morgan fingerprint density at radius 3 is 1.26 bits per heavy atom. The normalized spacial score (nSPS) is 11.6. The van der Waals surface area contributed by atoms with Crippen molar-refractivity contribution >= 4 is 71.6 Å². The summed E-state index contributed by atoms with van der Waals surface area (Å²) in [7, 11) is 0. The Morgan fingerprint density at radius 2 is 0.667 bits per heavy atom. The molecule has 0 atom stereocenters. The number of hydrogen-bond donors (Lipinski definition) is 0. The van der Waals surface area contributed by atoms with Gasteiger partial charge in [-0.1, -0.05) is 158 Å². The molecule has 0 aliphatic heterocycles. The number of rotatable bonds is 8. The quantitative estimate of drug-likeness (QED) is 0.149. The maximum absolute atomic E-state index is 2.53. The SMILES string of the molecule is c1ccc(-c2ccc(N(c3ccc(-c4ccccc4)cc3)c3ccc(-n4c5c(ccc6c5ccn6-c5ccccc5)c5ccc6c7ccccc7n(-c7ccccc7)c6c54)cc3)cc2)cc1. The second kappa shape index (κ2) is 15.4. The van der Waals surface area contributed by atoms with Gasteiger partial charge in [-0.05, 0) is 113 Å². The second-order valence-electron chi connectivity index (χ2n) is 17.0. The summed E-state index contributed by atoms with van der Waals surface area (Å²) in [6.07, 6.45) is 2.21. The summed E-state index contributed by atoms with van der Waals surface area (Å²) in [6.45, 7) is 0. The molecule has 10 aromatic carbocycles. The Bertz CT molecular complexity index is 3780. The van der Waals surface area contributed by atoms with Gasteiger partial charge in [0.15, 0.2) is 0 Å². The van der Waals surface area contributed by atoms with E-state index < -0.39 is 0 Å². The zero-order chi connectivity index (χ0) is 43.6. The molecule has 3 heterocycles. The third-order valence-electron chi connectivity index (χ3n) is 13.3. The molecule has 4 heteroatoms. The predicted molar refractivity (Wildman–Crippen MR) is 278 cm³/mol. The van der Waals surface area contributed by atoms with Gasteiger partial charge in [-0.25, -0.2) is 0 Å². The van der Waals surface area contributed by atoms with Crippen LogP contribution in [0.15, 0.2) is 255 Å². The van der Waals surface area contributed by atoms with Crippen molar-refractivity contribution < 1.29 is 0 Å². The van der Waals surface area contributed by atoms with Crippen LogP contribution >= 0.6 is 0 Å². The molecule has 0 bridgehead atoms. The summed E-state index contributed by atoms with van der Waals surface area (Å²) in [5.74, 6) is 0. The zero-order valence-corrected chi connectivity index (χ0v) is 36.0. The summed E-state index contributed by atoms with van der Waals surface area (Å²) in [5, 5.41) is 6.10. The van der Waals surface area contributed by atoms with Crippen molar-refractivity contribution in [2.24, 2.45) is 0 Å². The van der Waals surface area contributed by atoms with E-state index in [1.807, 2.05) is 0 Å². The first-order valence-corrected chi connectivity index (χ1v) is 22.6. The number of fused-ring (bicyclic) bond motifs is 9. The molecule has 0 unspecified atom stereocenters. The van der Waals surface area contributed by atoms with Crippen molar-refractivity contribution in [2.45, 2.75) is 0 Å². The molecule has 0 saturated heterocycles. The van der Waals surface area contributed by atoms with Gasteiger partial charge in [-0.2, -0.15) is 0 Å². The van der Waals surface area contributed by atoms with Gasteiger partial charge in [0.2, 0.25) is 0 Å². The molecule has 0 radical (unpaired) electrons. The van der Waals surface area contributed by atoms with Gasteiger partial charge < -0.3 is 18.6 Å². The first-order valence-electron chi connectivity index (χ1n) is 22.6. The van der Waals surface area contributed by atoms with E-state index in [-0.39, 0.29) is 0 Å². The summed E-state index contributed by atoms with van der Waals surface area (Å²) in [6, 6.07) is 90.1. The van der Waals surface area contributed by atoms with Crippen LogP contribution in [0.25, 0.3) is 93.8 Å². The molecule has 0 aliphatic rings. The van der Waals surface area contributed by atoms with Crippen molar-refractivity contribution in [3.05, 3.63) is 255 Å². The first kappa shape index (κ1) is 37.7. The fourth-order valence-electron chi connectivity index (χ4n) is 10.2. The van der Waals surface area contributed by atoms with E-state index in [9.17, 15) is 0 Å². The number of hydrogen-bond acceptors (Lipinski definition) is 1. The molecule has 3 aromatic heterocycles. The fraction of sp³-hybridized carbons (Fsp3) is 0. The van der Waals surface area contributed by atoms with Gasteiger partial charge in [-0.15, -0.1) is 0 Å². The van der Waals surface area contributed by atoms with Crippen LogP contribution in [-0.4, -0.2) is 13.7 Å². The average molecular weight is 843 g/mol. The predicted octanol–water partition coefficient (Wildman–Crippen LogP) is 16.6. The lowest BCUT2D eigenvalue weighted by Gasteiger charge is -2.26. The van der Waals surface area contributed by atoms with E-state index in [1.165, 1.54) is 76.8 Å². The molecule has 66 heavy (non-hydrogen) atoms. The lowest BCUT2D eigenvalue weighted by molar-refractivity contribution is 1.13. The Morgan fingerprint density at radius 1 is 0.242 bits per heavy atom. The Kier molecular flexibility index (Phi) is 8.81. The third-order valence-corrected chi connectivity index (χ3v) is 13.3. The highest BCUT2D eigenvalue weighted by atomic mass is 15.1. The Hall–Kier alpha value is -8.86. The molecule has 0 fully saturated rings. The standard InChI is InChI=1S/C62H42N4/c1-5-15-43(16-6-1)45-25-29-49(30-26-45)64(50-31-27-46(28-32-50)44-17-7-2-8-18-44)51-33-35-52(36-34-51)66-60-55(39-40-58-57(60)41-42-63(58)47-19-9-3-10-20-47)56-38-37-54-53-23-13-14-24-59(53)65(61(54)62(56)66)48-21-11-4-12-22-48/h1-42H. The molecule has 0 spiro atoms. The van der Waals surface area contributed by atoms with Crippen molar-refractivity contribution in [3.63, 3.8) is 0 Å². The number of benzene rings is 10. The minimum Gasteiger partial charge on any atom is -0.316 e. The second-order valence-corrected chi connectivity index (χ2v) is 17.0. The lowest BCUT2D eigenvalue weighted by atomic mass is 10.0. The molecule has 310 valence electrons. The minimum absolute atomic E-state index is 1.07. The van der Waals surface area contributed by atoms with Crippen LogP contribution in [0.5, 0.6) is 0 Å². The van der Waals surface area contributed by atoms with E-state index in [1.54, 1.807) is 0 Å². The molecule has 13 aromatic rings. The lowest BCUT2D eigenvalue weighted by Crippen LogP contribution is -2.10. The molecular formula is C62H42N4. The van der Waals surface area contributed by atoms with E-state index in [2.05, 4.69) is 274 Å². The number of aromatic nitrogens is 3. The summed E-state index contributed by atoms with van der Waals surface area (Å²) >= 11 is 0. The van der Waals surface area contributed by atoms with Crippen molar-refractivity contribution in [2.75, 3.05) is 4.90 Å². The largest absolute Gasteiger partial charge is 0.316 e. The maximum atomic E-state index is 2.53. The average Bonchev–Trinajstić information content (AvgIpc) is 4.09. The summed E-state index contributed by atoms with van der Waals surface area (Å²) < 4.78 is 7.30. The Labute approximate surface area is 382 Å². The molecule has 0 saturated carbocycles. The molecular weight excluding hydrogens is 801 g/mol. The van der Waals surface area contributed by atoms with E-state index in [0.29, 0.717) is 0 Å². The van der Waals surface area contributed by atoms with Gasteiger partial charge in [0.25, 0.3) is 0 Å². The van der Waals surface area contributed by atoms with Crippen molar-refractivity contribution in [1.29, 1.82) is 0 Å². The Balaban J connectivity index is 1.05. The van der Waals surface area contributed by atoms with Crippen LogP contribution in [0.2, 0.25) is 0 Å². The topological polar surface area (TPSA) is 18.0 Å². The van der Waals surface area contributed by atoms with Crippen LogP contribution in [-0.2, 0) is 0 Å². The van der Waals surface area contributed by atoms with E-state index in [4.69, 9.17) is 0 Å². The van der Waals surface area contributed by atoms with Gasteiger partial charge in [0.05, 0.1) is 27.6 Å². The highest BCUT2D eigenvalue weighted by Crippen LogP contribution is 2.45. The van der Waals surface area contributed by atoms with Crippen LogP contribution in [0.4, 0.5) is 17.1 Å². The summed E-state index contributed by atoms with van der Waals surface area (Å²) in [5.41, 5.74) is 17.3. The zero-order valence-electron chi connectivity index (χ0n) is 36.0. The van der Waals surface area contributed by atoms with Crippen LogP contribution in [0.1, 0.15) is 0 Å². The fourth-order valence-corrected chi connectivity index (χ4v) is 10.2. The molecule has 13 rings (SSSR count). The van der Waals surface area contributed by atoms with Crippen molar-refractivity contribution in [1.82, 2.24) is 13.7 Å². The van der Waals surface area contributed by atoms with Crippen LogP contribution < -0.4 is 4.90 Å². The van der Waals surface area contributed by atoms with Crippen molar-refractivity contribution in [3.8, 4) is 39.3 Å². The van der Waals surface area contributed by atoms with Gasteiger partial charge in [-0.3, -0.25) is 0 Å². The first-order chi connectivity index (χ1) is 32.8. The molecule has 4 nitrogen and oxygen atoms in total. The molecule has 0 N–H and O–H groups in total. The van der Waals surface area contributed by atoms with Gasteiger partial charge in [0.1, 0.15) is 0 Å². The van der Waals surface area contributed by atoms with Gasteiger partial charge >= 0.3 is 0 Å². The minimum atomic E-state index is 1.07. The molecule has 0 amide bonds. The van der Waals surface area contributed by atoms with E-state index in [0.717, 1.165) is 34.1 Å². The van der Waals surface area contributed by atoms with Gasteiger partial charge in [0, 0.05) is 67.3 Å². The maximum Gasteiger partial charge on any atom is 0.0789 e. The van der Waals surface area contributed by atoms with E-state index >= 15 is 0 Å². The highest BCUT2D eigenvalue weighted by Gasteiger charge is 2.24. The highest BCUT2D eigenvalue weighted by molar-refractivity contribution is 6.27. The third kappa shape index (κ3) is 6.07. The molecule has 0 aliphatic carbocycles. The van der Waals surface area contributed by atoms with Crippen LogP contribution in [0.3, 0.4) is 0 Å². The number of para-hydroxylation sites is 3. The van der Waals surface area contributed by atoms with Crippen LogP contribution in [0, 0.1) is 0 Å². The number of nitrogens with zero attached hydrogens (tertiary/aromatic N) is 4.